The first-order chi connectivity index (χ1) is 8.11. The largest absolute Gasteiger partial charge is 1.00 e. The van der Waals surface area contributed by atoms with Gasteiger partial charge in [-0.15, -0.1) is 0 Å². The van der Waals surface area contributed by atoms with Gasteiger partial charge in [0.15, 0.2) is 5.78 Å². The van der Waals surface area contributed by atoms with Gasteiger partial charge in [-0.3, -0.25) is 9.79 Å². The van der Waals surface area contributed by atoms with E-state index in [0.717, 1.165) is 11.8 Å². The van der Waals surface area contributed by atoms with Crippen molar-refractivity contribution >= 4 is 17.5 Å². The number of carbonyl (C=O) groups excluding carboxylic acids is 2. The van der Waals surface area contributed by atoms with Crippen LogP contribution in [0.3, 0.4) is 0 Å². The van der Waals surface area contributed by atoms with Crippen LogP contribution in [0.4, 0.5) is 0 Å². The van der Waals surface area contributed by atoms with Crippen molar-refractivity contribution in [3.8, 4) is 0 Å². The molecule has 86 valence electrons. The molecule has 0 fully saturated rings. The maximum absolute atomic E-state index is 12.0. The number of ketones is 1. The first-order valence-electron chi connectivity index (χ1n) is 5.16. The summed E-state index contributed by atoms with van der Waals surface area (Å²) >= 11 is 0. The molecule has 5 heteroatoms. The van der Waals surface area contributed by atoms with E-state index in [1.165, 1.54) is 0 Å². The summed E-state index contributed by atoms with van der Waals surface area (Å²) in [4.78, 5) is 26.7. The first-order valence-corrected chi connectivity index (χ1v) is 5.16. The first kappa shape index (κ1) is 14.8. The number of carbonyl (C=O) groups is 2. The van der Waals surface area contributed by atoms with Crippen molar-refractivity contribution in [2.24, 2.45) is 4.99 Å². The smallest absolute Gasteiger partial charge is 0.545 e. The minimum absolute atomic E-state index is 0. The third-order valence-corrected chi connectivity index (χ3v) is 2.70. The molecule has 0 spiro atoms. The van der Waals surface area contributed by atoms with Gasteiger partial charge in [0.25, 0.3) is 0 Å². The van der Waals surface area contributed by atoms with Gasteiger partial charge in [-0.2, -0.15) is 0 Å². The van der Waals surface area contributed by atoms with Crippen molar-refractivity contribution in [3.05, 3.63) is 47.7 Å². The molecular formula is C13H10NNaO3. The molecule has 1 aromatic carbocycles. The molecule has 18 heavy (non-hydrogen) atoms. The average molecular weight is 251 g/mol. The number of Topliss-reactive ketones (excluding diaryl/α,β-unsaturated/α-hetero) is 1. The Balaban J connectivity index is 0.00000162. The van der Waals surface area contributed by atoms with Crippen LogP contribution in [0.25, 0.3) is 0 Å². The van der Waals surface area contributed by atoms with E-state index in [9.17, 15) is 14.7 Å². The number of carboxylic acids is 1. The van der Waals surface area contributed by atoms with Gasteiger partial charge in [0.05, 0.1) is 17.5 Å². The molecule has 0 N–H and O–H groups in total. The number of benzene rings is 1. The van der Waals surface area contributed by atoms with Crippen LogP contribution in [0, 0.1) is 0 Å². The second kappa shape index (κ2) is 6.09. The quantitative estimate of drug-likeness (QED) is 0.429. The second-order valence-electron chi connectivity index (χ2n) is 3.81. The van der Waals surface area contributed by atoms with Crippen LogP contribution in [0.2, 0.25) is 0 Å². The van der Waals surface area contributed by atoms with Crippen molar-refractivity contribution in [2.75, 3.05) is 0 Å². The van der Waals surface area contributed by atoms with Gasteiger partial charge in [0.2, 0.25) is 0 Å². The molecule has 0 amide bonds. The molecule has 1 aliphatic rings. The maximum Gasteiger partial charge on any atom is 1.00 e. The van der Waals surface area contributed by atoms with E-state index < -0.39 is 17.7 Å². The van der Waals surface area contributed by atoms with Gasteiger partial charge in [-0.1, -0.05) is 30.3 Å². The Morgan fingerprint density at radius 1 is 1.28 bits per heavy atom. The molecule has 0 saturated heterocycles. The van der Waals surface area contributed by atoms with E-state index >= 15 is 0 Å². The normalized spacial score (nSPS) is 18.5. The minimum atomic E-state index is -1.48. The van der Waals surface area contributed by atoms with Gasteiger partial charge < -0.3 is 9.90 Å². The van der Waals surface area contributed by atoms with Crippen LogP contribution in [-0.2, 0) is 9.59 Å². The zero-order valence-corrected chi connectivity index (χ0v) is 12.2. The predicted octanol–water partition coefficient (Wildman–Crippen LogP) is -2.55. The number of nitrogens with zero attached hydrogens (tertiary/aromatic N) is 1. The molecule has 2 rings (SSSR count). The number of carboxylic acid groups (broad SMARTS) is 1. The van der Waals surface area contributed by atoms with E-state index in [2.05, 4.69) is 4.99 Å². The summed E-state index contributed by atoms with van der Waals surface area (Å²) in [5.74, 6) is -2.56. The van der Waals surface area contributed by atoms with Crippen LogP contribution in [0.1, 0.15) is 18.4 Å². The number of aliphatic imine (C=N–C) groups is 1. The molecule has 0 aliphatic carbocycles. The SMILES string of the molecule is CC1=NC=C(C(=O)[O-])C(=O)C1c1ccccc1.[Na+]. The summed E-state index contributed by atoms with van der Waals surface area (Å²) in [6, 6.07) is 8.98. The third-order valence-electron chi connectivity index (χ3n) is 2.70. The maximum atomic E-state index is 12.0. The fraction of sp³-hybridized carbons (Fsp3) is 0.154. The molecule has 1 unspecified atom stereocenters. The van der Waals surface area contributed by atoms with Gasteiger partial charge in [0, 0.05) is 11.9 Å². The fourth-order valence-electron chi connectivity index (χ4n) is 1.84. The van der Waals surface area contributed by atoms with Crippen molar-refractivity contribution < 1.29 is 44.3 Å². The molecule has 4 nitrogen and oxygen atoms in total. The van der Waals surface area contributed by atoms with Gasteiger partial charge in [-0.25, -0.2) is 0 Å². The standard InChI is InChI=1S/C13H11NO3.Na/c1-8-11(9-5-3-2-4-6-9)12(15)10(7-14-8)13(16)17;/h2-7,11H,1H3,(H,16,17);/q;+1/p-1. The molecule has 1 aromatic rings. The van der Waals surface area contributed by atoms with E-state index in [-0.39, 0.29) is 35.1 Å². The van der Waals surface area contributed by atoms with Crippen LogP contribution in [0.15, 0.2) is 47.1 Å². The summed E-state index contributed by atoms with van der Waals surface area (Å²) < 4.78 is 0. The zero-order chi connectivity index (χ0) is 12.4. The molecule has 1 atom stereocenters. The summed E-state index contributed by atoms with van der Waals surface area (Å²) in [7, 11) is 0. The molecular weight excluding hydrogens is 241 g/mol. The number of hydrogen-bond donors (Lipinski definition) is 0. The number of hydrogen-bond acceptors (Lipinski definition) is 4. The fourth-order valence-corrected chi connectivity index (χ4v) is 1.84. The Labute approximate surface area is 127 Å². The van der Waals surface area contributed by atoms with Crippen LogP contribution >= 0.6 is 0 Å². The Bertz CT molecular complexity index is 534. The molecule has 1 heterocycles. The summed E-state index contributed by atoms with van der Waals surface area (Å²) in [6.45, 7) is 1.71. The van der Waals surface area contributed by atoms with E-state index in [1.807, 2.05) is 6.07 Å². The number of aliphatic carboxylic acids is 1. The van der Waals surface area contributed by atoms with Crippen LogP contribution in [0.5, 0.6) is 0 Å². The van der Waals surface area contributed by atoms with Crippen LogP contribution < -0.4 is 34.7 Å². The molecule has 0 bridgehead atoms. The van der Waals surface area contributed by atoms with E-state index in [0.29, 0.717) is 5.71 Å². The summed E-state index contributed by atoms with van der Waals surface area (Å²) in [6.07, 6.45) is 1.06. The predicted molar refractivity (Wildman–Crippen MR) is 60.4 cm³/mol. The molecule has 0 saturated carbocycles. The Hall–Kier alpha value is -1.23. The molecule has 0 radical (unpaired) electrons. The molecule has 1 aliphatic heterocycles. The van der Waals surface area contributed by atoms with Gasteiger partial charge in [-0.05, 0) is 12.5 Å². The minimum Gasteiger partial charge on any atom is -0.545 e. The van der Waals surface area contributed by atoms with Crippen molar-refractivity contribution in [1.82, 2.24) is 0 Å². The topological polar surface area (TPSA) is 69.6 Å². The summed E-state index contributed by atoms with van der Waals surface area (Å²) in [5.41, 5.74) is 0.959. The Morgan fingerprint density at radius 3 is 2.44 bits per heavy atom. The van der Waals surface area contributed by atoms with Gasteiger partial charge in [0.1, 0.15) is 0 Å². The number of rotatable bonds is 2. The Morgan fingerprint density at radius 2 is 1.89 bits per heavy atom. The second-order valence-corrected chi connectivity index (χ2v) is 3.81. The zero-order valence-electron chi connectivity index (χ0n) is 10.2. The van der Waals surface area contributed by atoms with Crippen molar-refractivity contribution in [3.63, 3.8) is 0 Å². The third kappa shape index (κ3) is 2.77. The Kier molecular flexibility index (Phi) is 5.02. The van der Waals surface area contributed by atoms with E-state index in [1.54, 1.807) is 31.2 Å². The van der Waals surface area contributed by atoms with Gasteiger partial charge >= 0.3 is 29.6 Å². The van der Waals surface area contributed by atoms with Crippen molar-refractivity contribution in [2.45, 2.75) is 12.8 Å². The van der Waals surface area contributed by atoms with E-state index in [4.69, 9.17) is 0 Å². The van der Waals surface area contributed by atoms with Crippen molar-refractivity contribution in [1.29, 1.82) is 0 Å². The molecule has 0 aromatic heterocycles. The van der Waals surface area contributed by atoms with Crippen LogP contribution in [-0.4, -0.2) is 17.5 Å². The monoisotopic (exact) mass is 251 g/mol. The summed E-state index contributed by atoms with van der Waals surface area (Å²) in [5, 5.41) is 10.8. The average Bonchev–Trinajstić information content (AvgIpc) is 2.30.